The Hall–Kier alpha value is -1.91. The molecule has 1 aliphatic carbocycles. The zero-order valence-electron chi connectivity index (χ0n) is 10.5. The molecule has 1 aromatic carbocycles. The minimum absolute atomic E-state index is 0.730. The van der Waals surface area contributed by atoms with Crippen LogP contribution in [0.5, 0.6) is 0 Å². The van der Waals surface area contributed by atoms with Crippen molar-refractivity contribution >= 4 is 5.69 Å². The topological polar surface area (TPSA) is 69.6 Å². The number of nitrogen functional groups attached to an aromatic ring is 1. The number of tetrazole rings is 1. The third-order valence-electron chi connectivity index (χ3n) is 3.69. The summed E-state index contributed by atoms with van der Waals surface area (Å²) < 4.78 is 1.91. The summed E-state index contributed by atoms with van der Waals surface area (Å²) in [7, 11) is 0. The summed E-state index contributed by atoms with van der Waals surface area (Å²) in [5, 5.41) is 12.0. The highest BCUT2D eigenvalue weighted by atomic mass is 15.5. The number of rotatable bonds is 3. The molecule has 1 aromatic heterocycles. The van der Waals surface area contributed by atoms with Gasteiger partial charge < -0.3 is 5.73 Å². The molecule has 0 bridgehead atoms. The van der Waals surface area contributed by atoms with E-state index in [0.29, 0.717) is 0 Å². The molecule has 3 rings (SSSR count). The molecule has 5 heteroatoms. The third kappa shape index (κ3) is 1.96. The van der Waals surface area contributed by atoms with Gasteiger partial charge in [0.15, 0.2) is 5.82 Å². The summed E-state index contributed by atoms with van der Waals surface area (Å²) in [6, 6.07) is 5.85. The Bertz CT molecular complexity index is 556. The maximum atomic E-state index is 5.84. The van der Waals surface area contributed by atoms with E-state index in [1.807, 2.05) is 22.9 Å². The standard InChI is InChI=1S/C13H17N5/c1-9-5-6-11(14)7-12(9)13-15-16-17-18(13)8-10-3-2-4-10/h5-7,10H,2-4,8,14H2,1H3. The quantitative estimate of drug-likeness (QED) is 0.837. The molecule has 0 amide bonds. The van der Waals surface area contributed by atoms with Crippen LogP contribution >= 0.6 is 0 Å². The van der Waals surface area contributed by atoms with E-state index in [9.17, 15) is 0 Å². The second kappa shape index (κ2) is 4.40. The Morgan fingerprint density at radius 1 is 1.39 bits per heavy atom. The van der Waals surface area contributed by atoms with Crippen LogP contribution in [0.1, 0.15) is 24.8 Å². The lowest BCUT2D eigenvalue weighted by molar-refractivity contribution is 0.265. The number of hydrogen-bond acceptors (Lipinski definition) is 4. The SMILES string of the molecule is Cc1ccc(N)cc1-c1nnnn1CC1CCC1. The molecule has 0 atom stereocenters. The van der Waals surface area contributed by atoms with Gasteiger partial charge in [0, 0.05) is 17.8 Å². The maximum absolute atomic E-state index is 5.84. The van der Waals surface area contributed by atoms with Crippen LogP contribution in [-0.2, 0) is 6.54 Å². The molecule has 0 spiro atoms. The van der Waals surface area contributed by atoms with E-state index < -0.39 is 0 Å². The first-order chi connectivity index (χ1) is 8.74. The van der Waals surface area contributed by atoms with Crippen molar-refractivity contribution in [1.29, 1.82) is 0 Å². The van der Waals surface area contributed by atoms with Gasteiger partial charge in [-0.1, -0.05) is 12.5 Å². The van der Waals surface area contributed by atoms with Gasteiger partial charge in [-0.15, -0.1) is 5.10 Å². The molecule has 0 saturated heterocycles. The van der Waals surface area contributed by atoms with Crippen molar-refractivity contribution in [3.8, 4) is 11.4 Å². The zero-order valence-corrected chi connectivity index (χ0v) is 10.5. The van der Waals surface area contributed by atoms with E-state index in [-0.39, 0.29) is 0 Å². The first-order valence-electron chi connectivity index (χ1n) is 6.36. The summed E-state index contributed by atoms with van der Waals surface area (Å²) in [6.45, 7) is 2.97. The Labute approximate surface area is 106 Å². The summed E-state index contributed by atoms with van der Waals surface area (Å²) in [5.41, 5.74) is 8.76. The highest BCUT2D eigenvalue weighted by Crippen LogP contribution is 2.29. The third-order valence-corrected chi connectivity index (χ3v) is 3.69. The fraction of sp³-hybridized carbons (Fsp3) is 0.462. The Morgan fingerprint density at radius 2 is 2.22 bits per heavy atom. The van der Waals surface area contributed by atoms with Gasteiger partial charge in [-0.05, 0) is 53.8 Å². The van der Waals surface area contributed by atoms with Crippen molar-refractivity contribution in [3.63, 3.8) is 0 Å². The number of nitrogens with zero attached hydrogens (tertiary/aromatic N) is 4. The molecular formula is C13H17N5. The van der Waals surface area contributed by atoms with Crippen LogP contribution in [0.25, 0.3) is 11.4 Å². The highest BCUT2D eigenvalue weighted by Gasteiger charge is 2.21. The van der Waals surface area contributed by atoms with Crippen molar-refractivity contribution < 1.29 is 0 Å². The maximum Gasteiger partial charge on any atom is 0.182 e. The van der Waals surface area contributed by atoms with Crippen LogP contribution < -0.4 is 5.73 Å². The fourth-order valence-electron chi connectivity index (χ4n) is 2.32. The van der Waals surface area contributed by atoms with Gasteiger partial charge in [0.1, 0.15) is 0 Å². The number of anilines is 1. The number of nitrogens with two attached hydrogens (primary N) is 1. The van der Waals surface area contributed by atoms with Gasteiger partial charge >= 0.3 is 0 Å². The Morgan fingerprint density at radius 3 is 2.94 bits per heavy atom. The van der Waals surface area contributed by atoms with E-state index in [2.05, 4.69) is 22.4 Å². The molecule has 2 N–H and O–H groups in total. The van der Waals surface area contributed by atoms with Crippen molar-refractivity contribution in [1.82, 2.24) is 20.2 Å². The lowest BCUT2D eigenvalue weighted by atomic mass is 9.85. The van der Waals surface area contributed by atoms with Gasteiger partial charge in [-0.25, -0.2) is 4.68 Å². The summed E-state index contributed by atoms with van der Waals surface area (Å²) in [6.07, 6.45) is 3.91. The van der Waals surface area contributed by atoms with Crippen LogP contribution in [-0.4, -0.2) is 20.2 Å². The van der Waals surface area contributed by atoms with E-state index >= 15 is 0 Å². The van der Waals surface area contributed by atoms with E-state index in [0.717, 1.165) is 35.1 Å². The number of benzene rings is 1. The van der Waals surface area contributed by atoms with E-state index in [1.165, 1.54) is 19.3 Å². The molecule has 0 aliphatic heterocycles. The molecule has 1 fully saturated rings. The Balaban J connectivity index is 1.95. The van der Waals surface area contributed by atoms with Crippen molar-refractivity contribution in [2.45, 2.75) is 32.7 Å². The average molecular weight is 243 g/mol. The van der Waals surface area contributed by atoms with Crippen LogP contribution in [0.4, 0.5) is 5.69 Å². The lowest BCUT2D eigenvalue weighted by Gasteiger charge is -2.25. The van der Waals surface area contributed by atoms with Crippen molar-refractivity contribution in [3.05, 3.63) is 23.8 Å². The minimum atomic E-state index is 0.730. The number of hydrogen-bond donors (Lipinski definition) is 1. The van der Waals surface area contributed by atoms with Gasteiger partial charge in [-0.2, -0.15) is 0 Å². The molecule has 1 saturated carbocycles. The largest absolute Gasteiger partial charge is 0.399 e. The molecular weight excluding hydrogens is 226 g/mol. The molecule has 1 heterocycles. The second-order valence-corrected chi connectivity index (χ2v) is 5.06. The van der Waals surface area contributed by atoms with Crippen LogP contribution in [0.3, 0.4) is 0 Å². The second-order valence-electron chi connectivity index (χ2n) is 5.06. The summed E-state index contributed by atoms with van der Waals surface area (Å²) in [5.74, 6) is 1.56. The molecule has 5 nitrogen and oxygen atoms in total. The van der Waals surface area contributed by atoms with Crippen molar-refractivity contribution in [2.24, 2.45) is 5.92 Å². The minimum Gasteiger partial charge on any atom is -0.399 e. The number of aromatic nitrogens is 4. The predicted octanol–water partition coefficient (Wildman–Crippen LogP) is 2.03. The fourth-order valence-corrected chi connectivity index (χ4v) is 2.32. The van der Waals surface area contributed by atoms with Crippen LogP contribution in [0.2, 0.25) is 0 Å². The summed E-state index contributed by atoms with van der Waals surface area (Å²) >= 11 is 0. The first kappa shape index (κ1) is 11.2. The van der Waals surface area contributed by atoms with E-state index in [1.54, 1.807) is 0 Å². The molecule has 18 heavy (non-hydrogen) atoms. The zero-order chi connectivity index (χ0) is 12.5. The molecule has 0 radical (unpaired) electrons. The summed E-state index contributed by atoms with van der Waals surface area (Å²) in [4.78, 5) is 0. The average Bonchev–Trinajstić information content (AvgIpc) is 2.75. The number of aryl methyl sites for hydroxylation is 1. The van der Waals surface area contributed by atoms with Gasteiger partial charge in [-0.3, -0.25) is 0 Å². The van der Waals surface area contributed by atoms with Crippen LogP contribution in [0, 0.1) is 12.8 Å². The van der Waals surface area contributed by atoms with Gasteiger partial charge in [0.05, 0.1) is 0 Å². The predicted molar refractivity (Wildman–Crippen MR) is 69.7 cm³/mol. The normalized spacial score (nSPS) is 15.6. The van der Waals surface area contributed by atoms with Gasteiger partial charge in [0.2, 0.25) is 0 Å². The van der Waals surface area contributed by atoms with Crippen molar-refractivity contribution in [2.75, 3.05) is 5.73 Å². The van der Waals surface area contributed by atoms with E-state index in [4.69, 9.17) is 5.73 Å². The molecule has 94 valence electrons. The molecule has 0 unspecified atom stereocenters. The van der Waals surface area contributed by atoms with Gasteiger partial charge in [0.25, 0.3) is 0 Å². The monoisotopic (exact) mass is 243 g/mol. The smallest absolute Gasteiger partial charge is 0.182 e. The Kier molecular flexibility index (Phi) is 2.74. The van der Waals surface area contributed by atoms with Crippen LogP contribution in [0.15, 0.2) is 18.2 Å². The molecule has 1 aliphatic rings. The molecule has 2 aromatic rings. The lowest BCUT2D eigenvalue weighted by Crippen LogP contribution is -2.19. The highest BCUT2D eigenvalue weighted by molar-refractivity contribution is 5.65. The first-order valence-corrected chi connectivity index (χ1v) is 6.36.